The molecule has 1 atom stereocenters. The fraction of sp³-hybridized carbons (Fsp3) is 0.571. The first-order valence-corrected chi connectivity index (χ1v) is 7.28. The number of aliphatic hydroxyl groups is 1. The summed E-state index contributed by atoms with van der Waals surface area (Å²) in [5, 5.41) is 17.9. The van der Waals surface area contributed by atoms with Gasteiger partial charge in [0.2, 0.25) is 0 Å². The SMILES string of the molecule is Cc1csc(CC(O)c2cn(C)nc2C(C)(C)C)n1. The molecular weight excluding hydrogens is 258 g/mol. The van der Waals surface area contributed by atoms with Gasteiger partial charge >= 0.3 is 0 Å². The average Bonchev–Trinajstić information content (AvgIpc) is 2.84. The van der Waals surface area contributed by atoms with Gasteiger partial charge in [-0.05, 0) is 6.92 Å². The minimum atomic E-state index is -0.548. The van der Waals surface area contributed by atoms with E-state index in [2.05, 4.69) is 30.9 Å². The Morgan fingerprint density at radius 2 is 2.11 bits per heavy atom. The van der Waals surface area contributed by atoms with Crippen LogP contribution in [0.1, 0.15) is 48.8 Å². The summed E-state index contributed by atoms with van der Waals surface area (Å²) in [6, 6.07) is 0. The van der Waals surface area contributed by atoms with E-state index in [4.69, 9.17) is 0 Å². The van der Waals surface area contributed by atoms with E-state index in [9.17, 15) is 5.11 Å². The van der Waals surface area contributed by atoms with Gasteiger partial charge in [-0.2, -0.15) is 5.10 Å². The third-order valence-corrected chi connectivity index (χ3v) is 3.95. The molecule has 0 aliphatic carbocycles. The molecule has 0 aliphatic rings. The average molecular weight is 279 g/mol. The Labute approximate surface area is 118 Å². The minimum Gasteiger partial charge on any atom is -0.388 e. The lowest BCUT2D eigenvalue weighted by Gasteiger charge is -2.19. The summed E-state index contributed by atoms with van der Waals surface area (Å²) < 4.78 is 1.77. The molecule has 0 amide bonds. The van der Waals surface area contributed by atoms with Crippen molar-refractivity contribution in [3.63, 3.8) is 0 Å². The van der Waals surface area contributed by atoms with Gasteiger partial charge in [0.15, 0.2) is 0 Å². The molecular formula is C14H21N3OS. The van der Waals surface area contributed by atoms with Gasteiger partial charge in [-0.15, -0.1) is 11.3 Å². The van der Waals surface area contributed by atoms with Crippen molar-refractivity contribution >= 4 is 11.3 Å². The molecule has 0 aromatic carbocycles. The van der Waals surface area contributed by atoms with Crippen LogP contribution in [0.5, 0.6) is 0 Å². The highest BCUT2D eigenvalue weighted by atomic mass is 32.1. The summed E-state index contributed by atoms with van der Waals surface area (Å²) in [5.41, 5.74) is 2.80. The van der Waals surface area contributed by atoms with E-state index in [0.717, 1.165) is 22.0 Å². The van der Waals surface area contributed by atoms with Gasteiger partial charge in [0.25, 0.3) is 0 Å². The number of aromatic nitrogens is 3. The van der Waals surface area contributed by atoms with Crippen molar-refractivity contribution in [1.29, 1.82) is 0 Å². The van der Waals surface area contributed by atoms with E-state index < -0.39 is 6.10 Å². The smallest absolute Gasteiger partial charge is 0.0957 e. The molecule has 4 nitrogen and oxygen atoms in total. The topological polar surface area (TPSA) is 50.9 Å². The Bertz CT molecular complexity index is 565. The number of hydrogen-bond donors (Lipinski definition) is 1. The highest BCUT2D eigenvalue weighted by Gasteiger charge is 2.26. The van der Waals surface area contributed by atoms with Crippen molar-refractivity contribution < 1.29 is 5.11 Å². The molecule has 104 valence electrons. The molecule has 0 aliphatic heterocycles. The summed E-state index contributed by atoms with van der Waals surface area (Å²) in [6.45, 7) is 8.30. The largest absolute Gasteiger partial charge is 0.388 e. The van der Waals surface area contributed by atoms with Gasteiger partial charge in [0, 0.05) is 41.7 Å². The highest BCUT2D eigenvalue weighted by Crippen LogP contribution is 2.30. The first-order valence-electron chi connectivity index (χ1n) is 6.40. The van der Waals surface area contributed by atoms with Crippen molar-refractivity contribution in [2.75, 3.05) is 0 Å². The third-order valence-electron chi connectivity index (χ3n) is 2.96. The van der Waals surface area contributed by atoms with Gasteiger partial charge < -0.3 is 5.11 Å². The molecule has 2 heterocycles. The first-order chi connectivity index (χ1) is 8.77. The zero-order chi connectivity index (χ0) is 14.2. The number of nitrogens with zero attached hydrogens (tertiary/aromatic N) is 3. The van der Waals surface area contributed by atoms with E-state index in [1.165, 1.54) is 0 Å². The van der Waals surface area contributed by atoms with Gasteiger partial charge in [0.05, 0.1) is 16.8 Å². The molecule has 5 heteroatoms. The lowest BCUT2D eigenvalue weighted by Crippen LogP contribution is -2.17. The van der Waals surface area contributed by atoms with Crippen LogP contribution < -0.4 is 0 Å². The van der Waals surface area contributed by atoms with Crippen LogP contribution in [-0.4, -0.2) is 19.9 Å². The number of thiazole rings is 1. The summed E-state index contributed by atoms with van der Waals surface area (Å²) in [7, 11) is 1.89. The van der Waals surface area contributed by atoms with Crippen molar-refractivity contribution in [3.05, 3.63) is 33.5 Å². The molecule has 0 saturated heterocycles. The van der Waals surface area contributed by atoms with E-state index in [0.29, 0.717) is 6.42 Å². The maximum Gasteiger partial charge on any atom is 0.0957 e. The highest BCUT2D eigenvalue weighted by molar-refractivity contribution is 7.09. The molecule has 0 spiro atoms. The summed E-state index contributed by atoms with van der Waals surface area (Å²) in [4.78, 5) is 4.41. The maximum absolute atomic E-state index is 10.5. The normalized spacial score (nSPS) is 13.8. The van der Waals surface area contributed by atoms with E-state index in [1.807, 2.05) is 25.5 Å². The quantitative estimate of drug-likeness (QED) is 0.940. The fourth-order valence-corrected chi connectivity index (χ4v) is 2.92. The van der Waals surface area contributed by atoms with Crippen LogP contribution in [0.3, 0.4) is 0 Å². The first kappa shape index (κ1) is 14.2. The van der Waals surface area contributed by atoms with E-state index in [1.54, 1.807) is 16.0 Å². The zero-order valence-electron chi connectivity index (χ0n) is 12.1. The van der Waals surface area contributed by atoms with E-state index >= 15 is 0 Å². The van der Waals surface area contributed by atoms with Crippen LogP contribution in [-0.2, 0) is 18.9 Å². The molecule has 1 unspecified atom stereocenters. The van der Waals surface area contributed by atoms with Gasteiger partial charge in [-0.25, -0.2) is 4.98 Å². The Balaban J connectivity index is 2.26. The van der Waals surface area contributed by atoms with Gasteiger partial charge in [-0.3, -0.25) is 4.68 Å². The Kier molecular flexibility index (Phi) is 3.78. The monoisotopic (exact) mass is 279 g/mol. The van der Waals surface area contributed by atoms with Crippen molar-refractivity contribution in [1.82, 2.24) is 14.8 Å². The minimum absolute atomic E-state index is 0.0730. The second-order valence-electron chi connectivity index (χ2n) is 5.96. The van der Waals surface area contributed by atoms with Crippen LogP contribution in [0, 0.1) is 6.92 Å². The molecule has 0 bridgehead atoms. The summed E-state index contributed by atoms with van der Waals surface area (Å²) >= 11 is 1.59. The predicted molar refractivity (Wildman–Crippen MR) is 77.4 cm³/mol. The number of aryl methyl sites for hydroxylation is 2. The molecule has 19 heavy (non-hydrogen) atoms. The standard InChI is InChI=1S/C14H21N3OS/c1-9-8-19-12(15-9)6-11(18)10-7-17(5)16-13(10)14(2,3)4/h7-8,11,18H,6H2,1-5H3. The van der Waals surface area contributed by atoms with Crippen LogP contribution in [0.15, 0.2) is 11.6 Å². The van der Waals surface area contributed by atoms with Crippen LogP contribution >= 0.6 is 11.3 Å². The number of aliphatic hydroxyl groups excluding tert-OH is 1. The Morgan fingerprint density at radius 1 is 1.42 bits per heavy atom. The second-order valence-corrected chi connectivity index (χ2v) is 6.90. The summed E-state index contributed by atoms with van der Waals surface area (Å²) in [6.07, 6.45) is 1.91. The van der Waals surface area contributed by atoms with Crippen molar-refractivity contribution in [3.8, 4) is 0 Å². The Hall–Kier alpha value is -1.20. The molecule has 0 fully saturated rings. The van der Waals surface area contributed by atoms with Crippen molar-refractivity contribution in [2.45, 2.75) is 45.6 Å². The van der Waals surface area contributed by atoms with Crippen LogP contribution in [0.2, 0.25) is 0 Å². The lowest BCUT2D eigenvalue weighted by atomic mass is 9.87. The number of rotatable bonds is 3. The second kappa shape index (κ2) is 5.06. The predicted octanol–water partition coefficient (Wildman–Crippen LogP) is 2.76. The molecule has 0 radical (unpaired) electrons. The third kappa shape index (κ3) is 3.22. The number of hydrogen-bond acceptors (Lipinski definition) is 4. The van der Waals surface area contributed by atoms with Gasteiger partial charge in [-0.1, -0.05) is 20.8 Å². The summed E-state index contributed by atoms with van der Waals surface area (Å²) in [5.74, 6) is 0. The van der Waals surface area contributed by atoms with Gasteiger partial charge in [0.1, 0.15) is 0 Å². The molecule has 1 N–H and O–H groups in total. The lowest BCUT2D eigenvalue weighted by molar-refractivity contribution is 0.176. The van der Waals surface area contributed by atoms with Crippen LogP contribution in [0.4, 0.5) is 0 Å². The molecule has 2 rings (SSSR count). The zero-order valence-corrected chi connectivity index (χ0v) is 13.0. The van der Waals surface area contributed by atoms with Crippen LogP contribution in [0.25, 0.3) is 0 Å². The molecule has 2 aromatic heterocycles. The Morgan fingerprint density at radius 3 is 2.63 bits per heavy atom. The van der Waals surface area contributed by atoms with E-state index in [-0.39, 0.29) is 5.41 Å². The molecule has 0 saturated carbocycles. The van der Waals surface area contributed by atoms with Crippen molar-refractivity contribution in [2.24, 2.45) is 7.05 Å². The molecule has 2 aromatic rings. The fourth-order valence-electron chi connectivity index (χ4n) is 2.11. The maximum atomic E-state index is 10.5.